The van der Waals surface area contributed by atoms with Gasteiger partial charge in [0.05, 0.1) is 0 Å². The molecule has 1 unspecified atom stereocenters. The summed E-state index contributed by atoms with van der Waals surface area (Å²) in [5.41, 5.74) is 1.60. The maximum atomic E-state index is 13.1. The van der Waals surface area contributed by atoms with Gasteiger partial charge in [-0.25, -0.2) is 8.78 Å². The molecule has 19 heavy (non-hydrogen) atoms. The van der Waals surface area contributed by atoms with Crippen LogP contribution in [-0.4, -0.2) is 11.1 Å². The number of halogens is 2. The van der Waals surface area contributed by atoms with Crippen molar-refractivity contribution < 1.29 is 13.9 Å². The van der Waals surface area contributed by atoms with E-state index in [2.05, 4.69) is 5.32 Å². The van der Waals surface area contributed by atoms with E-state index in [1.807, 2.05) is 19.1 Å². The number of phenolic OH excluding ortho intramolecular Hbond substituents is 1. The highest BCUT2D eigenvalue weighted by atomic mass is 19.2. The first-order valence-electron chi connectivity index (χ1n) is 6.04. The van der Waals surface area contributed by atoms with Crippen molar-refractivity contribution in [1.29, 1.82) is 0 Å². The van der Waals surface area contributed by atoms with Gasteiger partial charge in [0.1, 0.15) is 5.75 Å². The van der Waals surface area contributed by atoms with E-state index < -0.39 is 11.6 Å². The van der Waals surface area contributed by atoms with E-state index >= 15 is 0 Å². The summed E-state index contributed by atoms with van der Waals surface area (Å²) in [7, 11) is 0. The molecule has 0 saturated heterocycles. The number of hydrogen-bond acceptors (Lipinski definition) is 2. The molecule has 2 nitrogen and oxygen atoms in total. The highest BCUT2D eigenvalue weighted by Gasteiger charge is 2.06. The third-order valence-corrected chi connectivity index (χ3v) is 2.81. The second kappa shape index (κ2) is 5.69. The third kappa shape index (κ3) is 3.68. The number of benzene rings is 2. The fourth-order valence-corrected chi connectivity index (χ4v) is 1.91. The van der Waals surface area contributed by atoms with Gasteiger partial charge in [-0.2, -0.15) is 0 Å². The van der Waals surface area contributed by atoms with Crippen LogP contribution in [-0.2, 0) is 6.42 Å². The van der Waals surface area contributed by atoms with E-state index in [4.69, 9.17) is 0 Å². The first kappa shape index (κ1) is 13.3. The zero-order valence-corrected chi connectivity index (χ0v) is 10.5. The highest BCUT2D eigenvalue weighted by Crippen LogP contribution is 2.16. The Bertz CT molecular complexity index is 555. The molecule has 0 aliphatic carbocycles. The van der Waals surface area contributed by atoms with Gasteiger partial charge < -0.3 is 10.4 Å². The van der Waals surface area contributed by atoms with Crippen molar-refractivity contribution in [3.05, 3.63) is 59.7 Å². The van der Waals surface area contributed by atoms with Gasteiger partial charge in [-0.1, -0.05) is 12.1 Å². The lowest BCUT2D eigenvalue weighted by molar-refractivity contribution is 0.475. The van der Waals surface area contributed by atoms with Crippen LogP contribution in [0.15, 0.2) is 42.5 Å². The molecule has 2 rings (SSSR count). The predicted octanol–water partition coefficient (Wildman–Crippen LogP) is 3.71. The van der Waals surface area contributed by atoms with Crippen molar-refractivity contribution in [2.75, 3.05) is 5.32 Å². The van der Waals surface area contributed by atoms with E-state index in [-0.39, 0.29) is 11.8 Å². The van der Waals surface area contributed by atoms with Gasteiger partial charge in [-0.15, -0.1) is 0 Å². The van der Waals surface area contributed by atoms with Crippen LogP contribution in [0.25, 0.3) is 0 Å². The monoisotopic (exact) mass is 263 g/mol. The van der Waals surface area contributed by atoms with Crippen molar-refractivity contribution in [2.24, 2.45) is 0 Å². The number of rotatable bonds is 4. The lowest BCUT2D eigenvalue weighted by Gasteiger charge is -2.15. The molecule has 4 heteroatoms. The molecule has 0 aliphatic heterocycles. The van der Waals surface area contributed by atoms with Crippen LogP contribution in [0, 0.1) is 11.6 Å². The van der Waals surface area contributed by atoms with Crippen LogP contribution in [0.5, 0.6) is 5.75 Å². The largest absolute Gasteiger partial charge is 0.508 e. The van der Waals surface area contributed by atoms with Crippen molar-refractivity contribution >= 4 is 5.69 Å². The third-order valence-electron chi connectivity index (χ3n) is 2.81. The summed E-state index contributed by atoms with van der Waals surface area (Å²) < 4.78 is 25.9. The van der Waals surface area contributed by atoms with Crippen LogP contribution in [0.4, 0.5) is 14.5 Å². The van der Waals surface area contributed by atoms with Crippen LogP contribution in [0.2, 0.25) is 0 Å². The molecule has 100 valence electrons. The Kier molecular flexibility index (Phi) is 4.00. The maximum Gasteiger partial charge on any atom is 0.160 e. The topological polar surface area (TPSA) is 32.3 Å². The molecule has 0 aromatic heterocycles. The number of nitrogens with one attached hydrogen (secondary N) is 1. The molecule has 2 aromatic rings. The molecule has 0 fully saturated rings. The summed E-state index contributed by atoms with van der Waals surface area (Å²) in [6, 6.07) is 10.7. The average Bonchev–Trinajstić information content (AvgIpc) is 2.37. The minimum absolute atomic E-state index is 0.0643. The van der Waals surface area contributed by atoms with Gasteiger partial charge >= 0.3 is 0 Å². The van der Waals surface area contributed by atoms with Gasteiger partial charge in [0.15, 0.2) is 11.6 Å². The predicted molar refractivity (Wildman–Crippen MR) is 71.3 cm³/mol. The number of hydrogen-bond donors (Lipinski definition) is 2. The van der Waals surface area contributed by atoms with Gasteiger partial charge in [-0.05, 0) is 43.2 Å². The van der Waals surface area contributed by atoms with Gasteiger partial charge in [0.2, 0.25) is 0 Å². The number of anilines is 1. The summed E-state index contributed by atoms with van der Waals surface area (Å²) in [5, 5.41) is 12.3. The average molecular weight is 263 g/mol. The van der Waals surface area contributed by atoms with Crippen LogP contribution >= 0.6 is 0 Å². The van der Waals surface area contributed by atoms with Crippen LogP contribution in [0.1, 0.15) is 12.5 Å². The molecule has 0 heterocycles. The molecule has 2 aromatic carbocycles. The molecule has 0 amide bonds. The summed E-state index contributed by atoms with van der Waals surface area (Å²) in [6.45, 7) is 1.95. The molecule has 0 bridgehead atoms. The Hall–Kier alpha value is -2.10. The minimum atomic E-state index is -0.859. The highest BCUT2D eigenvalue weighted by molar-refractivity contribution is 5.44. The standard InChI is InChI=1S/C15H15F2NO/c1-10(8-11-2-5-13(19)6-3-11)18-12-4-7-14(16)15(17)9-12/h2-7,9-10,18-19H,8H2,1H3. The second-order valence-corrected chi connectivity index (χ2v) is 4.54. The lowest BCUT2D eigenvalue weighted by Crippen LogP contribution is -2.18. The molecule has 0 saturated carbocycles. The summed E-state index contributed by atoms with van der Waals surface area (Å²) in [5.74, 6) is -1.48. The summed E-state index contributed by atoms with van der Waals surface area (Å²) >= 11 is 0. The fourth-order valence-electron chi connectivity index (χ4n) is 1.91. The van der Waals surface area contributed by atoms with Gasteiger partial charge in [0, 0.05) is 17.8 Å². The van der Waals surface area contributed by atoms with Gasteiger partial charge in [-0.3, -0.25) is 0 Å². The number of phenols is 1. The van der Waals surface area contributed by atoms with Gasteiger partial charge in [0.25, 0.3) is 0 Å². The smallest absolute Gasteiger partial charge is 0.160 e. The Labute approximate surface area is 110 Å². The molecular weight excluding hydrogens is 248 g/mol. The van der Waals surface area contributed by atoms with Crippen molar-refractivity contribution in [3.63, 3.8) is 0 Å². The van der Waals surface area contributed by atoms with E-state index in [9.17, 15) is 13.9 Å². The molecular formula is C15H15F2NO. The van der Waals surface area contributed by atoms with Crippen molar-refractivity contribution in [1.82, 2.24) is 0 Å². The zero-order chi connectivity index (χ0) is 13.8. The first-order valence-corrected chi connectivity index (χ1v) is 6.04. The second-order valence-electron chi connectivity index (χ2n) is 4.54. The molecule has 0 aliphatic rings. The minimum Gasteiger partial charge on any atom is -0.508 e. The van der Waals surface area contributed by atoms with Crippen LogP contribution < -0.4 is 5.32 Å². The molecule has 1 atom stereocenters. The molecule has 0 spiro atoms. The normalized spacial score (nSPS) is 12.2. The van der Waals surface area contributed by atoms with E-state index in [1.165, 1.54) is 6.07 Å². The molecule has 0 radical (unpaired) electrons. The van der Waals surface area contributed by atoms with Crippen molar-refractivity contribution in [2.45, 2.75) is 19.4 Å². The molecule has 2 N–H and O–H groups in total. The maximum absolute atomic E-state index is 13.1. The number of aromatic hydroxyl groups is 1. The van der Waals surface area contributed by atoms with Crippen LogP contribution in [0.3, 0.4) is 0 Å². The Morgan fingerprint density at radius 1 is 1.05 bits per heavy atom. The van der Waals surface area contributed by atoms with E-state index in [1.54, 1.807) is 12.1 Å². The SMILES string of the molecule is CC(Cc1ccc(O)cc1)Nc1ccc(F)c(F)c1. The lowest BCUT2D eigenvalue weighted by atomic mass is 10.1. The van der Waals surface area contributed by atoms with E-state index in [0.29, 0.717) is 5.69 Å². The quantitative estimate of drug-likeness (QED) is 0.881. The van der Waals surface area contributed by atoms with E-state index in [0.717, 1.165) is 24.1 Å². The summed E-state index contributed by atoms with van der Waals surface area (Å²) in [4.78, 5) is 0. The Morgan fingerprint density at radius 2 is 1.74 bits per heavy atom. The Morgan fingerprint density at radius 3 is 2.37 bits per heavy atom. The fraction of sp³-hybridized carbons (Fsp3) is 0.200. The summed E-state index contributed by atoms with van der Waals surface area (Å²) in [6.07, 6.45) is 0.722. The first-order chi connectivity index (χ1) is 9.04. The zero-order valence-electron chi connectivity index (χ0n) is 10.5. The van der Waals surface area contributed by atoms with Crippen molar-refractivity contribution in [3.8, 4) is 5.75 Å². The Balaban J connectivity index is 1.98.